The number of nitrogens with zero attached hydrogens (tertiary/aromatic N) is 2. The number of aromatic nitrogens is 2. The second kappa shape index (κ2) is 6.72. The molecule has 2 heterocycles. The van der Waals surface area contributed by atoms with Crippen LogP contribution in [-0.2, 0) is 4.79 Å². The normalized spacial score (nSPS) is 12.0. The summed E-state index contributed by atoms with van der Waals surface area (Å²) < 4.78 is 5.25. The molecular weight excluding hydrogens is 320 g/mol. The number of fused-ring (bicyclic) bond motifs is 1. The summed E-state index contributed by atoms with van der Waals surface area (Å²) in [4.78, 5) is 28.9. The maximum absolute atomic E-state index is 12.7. The van der Waals surface area contributed by atoms with E-state index in [4.69, 9.17) is 4.52 Å². The van der Waals surface area contributed by atoms with Crippen molar-refractivity contribution in [2.24, 2.45) is 0 Å². The summed E-state index contributed by atoms with van der Waals surface area (Å²) in [7, 11) is 1.52. The molecule has 0 aliphatic heterocycles. The number of pyridine rings is 1. The molecule has 25 heavy (non-hydrogen) atoms. The van der Waals surface area contributed by atoms with Gasteiger partial charge in [-0.2, -0.15) is 0 Å². The Morgan fingerprint density at radius 2 is 1.92 bits per heavy atom. The molecule has 1 atom stereocenters. The van der Waals surface area contributed by atoms with Crippen molar-refractivity contribution in [2.45, 2.75) is 19.9 Å². The van der Waals surface area contributed by atoms with E-state index < -0.39 is 6.04 Å². The highest BCUT2D eigenvalue weighted by Gasteiger charge is 2.22. The van der Waals surface area contributed by atoms with Gasteiger partial charge in [-0.25, -0.2) is 4.98 Å². The number of carbonyl (C=O) groups excluding carboxylic acids is 2. The fraction of sp³-hybridized carbons (Fsp3) is 0.222. The lowest BCUT2D eigenvalue weighted by molar-refractivity contribution is -0.122. The Hall–Kier alpha value is -3.22. The van der Waals surface area contributed by atoms with Crippen LogP contribution in [0.1, 0.15) is 23.0 Å². The van der Waals surface area contributed by atoms with Crippen molar-refractivity contribution < 1.29 is 14.1 Å². The van der Waals surface area contributed by atoms with Crippen molar-refractivity contribution in [1.29, 1.82) is 0 Å². The van der Waals surface area contributed by atoms with Crippen LogP contribution in [0.4, 0.5) is 0 Å². The van der Waals surface area contributed by atoms with E-state index >= 15 is 0 Å². The van der Waals surface area contributed by atoms with Crippen LogP contribution in [0.2, 0.25) is 0 Å². The molecule has 0 bridgehead atoms. The van der Waals surface area contributed by atoms with E-state index in [-0.39, 0.29) is 17.5 Å². The summed E-state index contributed by atoms with van der Waals surface area (Å²) >= 11 is 0. The first-order chi connectivity index (χ1) is 12.0. The predicted octanol–water partition coefficient (Wildman–Crippen LogP) is 2.06. The lowest BCUT2D eigenvalue weighted by Gasteiger charge is -2.13. The highest BCUT2D eigenvalue weighted by molar-refractivity contribution is 6.08. The zero-order valence-electron chi connectivity index (χ0n) is 14.2. The molecule has 2 aromatic heterocycles. The van der Waals surface area contributed by atoms with E-state index in [0.717, 1.165) is 5.56 Å². The first kappa shape index (κ1) is 16.6. The van der Waals surface area contributed by atoms with Crippen molar-refractivity contribution in [1.82, 2.24) is 20.8 Å². The minimum absolute atomic E-state index is 0.274. The average Bonchev–Trinajstić information content (AvgIpc) is 3.02. The van der Waals surface area contributed by atoms with E-state index in [9.17, 15) is 9.59 Å². The Morgan fingerprint density at radius 1 is 1.20 bits per heavy atom. The fourth-order valence-corrected chi connectivity index (χ4v) is 2.59. The monoisotopic (exact) mass is 338 g/mol. The Balaban J connectivity index is 2.08. The molecule has 3 rings (SSSR count). The van der Waals surface area contributed by atoms with Gasteiger partial charge in [-0.15, -0.1) is 0 Å². The van der Waals surface area contributed by atoms with Crippen molar-refractivity contribution in [3.8, 4) is 11.3 Å². The number of carbonyl (C=O) groups is 2. The Bertz CT molecular complexity index is 934. The maximum Gasteiger partial charge on any atom is 0.259 e. The van der Waals surface area contributed by atoms with Crippen LogP contribution < -0.4 is 10.6 Å². The van der Waals surface area contributed by atoms with E-state index in [2.05, 4.69) is 20.8 Å². The zero-order chi connectivity index (χ0) is 18.0. The summed E-state index contributed by atoms with van der Waals surface area (Å²) in [6, 6.07) is 10.5. The number of amides is 2. The quantitative estimate of drug-likeness (QED) is 0.759. The van der Waals surface area contributed by atoms with Gasteiger partial charge < -0.3 is 15.2 Å². The smallest absolute Gasteiger partial charge is 0.259 e. The van der Waals surface area contributed by atoms with E-state index in [1.165, 1.54) is 7.05 Å². The summed E-state index contributed by atoms with van der Waals surface area (Å²) in [5.41, 5.74) is 2.68. The van der Waals surface area contributed by atoms with Gasteiger partial charge in [-0.05, 0) is 19.9 Å². The maximum atomic E-state index is 12.7. The van der Waals surface area contributed by atoms with E-state index in [1.54, 1.807) is 19.9 Å². The molecule has 7 heteroatoms. The van der Waals surface area contributed by atoms with E-state index in [1.807, 2.05) is 30.3 Å². The molecule has 0 saturated carbocycles. The van der Waals surface area contributed by atoms with Gasteiger partial charge in [0.15, 0.2) is 0 Å². The van der Waals surface area contributed by atoms with Crippen molar-refractivity contribution in [3.63, 3.8) is 0 Å². The Labute approximate surface area is 144 Å². The van der Waals surface area contributed by atoms with Gasteiger partial charge >= 0.3 is 0 Å². The molecule has 7 nitrogen and oxygen atoms in total. The fourth-order valence-electron chi connectivity index (χ4n) is 2.59. The SMILES string of the molecule is CNC(=O)[C@H](C)NC(=O)c1cc(-c2ccccc2)nc2onc(C)c12. The topological polar surface area (TPSA) is 97.1 Å². The molecule has 1 aromatic carbocycles. The molecule has 2 N–H and O–H groups in total. The van der Waals surface area contributed by atoms with Crippen LogP contribution in [-0.4, -0.2) is 35.0 Å². The van der Waals surface area contributed by atoms with Crippen LogP contribution in [0.25, 0.3) is 22.4 Å². The lowest BCUT2D eigenvalue weighted by atomic mass is 10.0. The molecule has 0 spiro atoms. The van der Waals surface area contributed by atoms with Gasteiger partial charge in [0.25, 0.3) is 11.6 Å². The van der Waals surface area contributed by atoms with E-state index in [0.29, 0.717) is 22.3 Å². The predicted molar refractivity (Wildman–Crippen MR) is 93.0 cm³/mol. The summed E-state index contributed by atoms with van der Waals surface area (Å²) in [5, 5.41) is 9.64. The molecule has 128 valence electrons. The number of aryl methyl sites for hydroxylation is 1. The number of likely N-dealkylation sites (N-methyl/N-ethyl adjacent to an activating group) is 1. The first-order valence-corrected chi connectivity index (χ1v) is 7.86. The third kappa shape index (κ3) is 3.21. The average molecular weight is 338 g/mol. The van der Waals surface area contributed by atoms with Gasteiger partial charge in [-0.3, -0.25) is 9.59 Å². The second-order valence-electron chi connectivity index (χ2n) is 5.68. The van der Waals surface area contributed by atoms with Gasteiger partial charge in [0.1, 0.15) is 6.04 Å². The van der Waals surface area contributed by atoms with Crippen molar-refractivity contribution in [3.05, 3.63) is 47.7 Å². The first-order valence-electron chi connectivity index (χ1n) is 7.86. The standard InChI is InChI=1S/C18H18N4O3/c1-10-15-13(17(24)20-11(2)16(23)19-3)9-14(21-18(15)25-22-10)12-7-5-4-6-8-12/h4-9,11H,1-3H3,(H,19,23)(H,20,24)/t11-/m0/s1. The summed E-state index contributed by atoms with van der Waals surface area (Å²) in [6.45, 7) is 3.36. The summed E-state index contributed by atoms with van der Waals surface area (Å²) in [6.07, 6.45) is 0. The molecule has 0 aliphatic rings. The Kier molecular flexibility index (Phi) is 4.47. The van der Waals surface area contributed by atoms with Crippen LogP contribution in [0.3, 0.4) is 0 Å². The summed E-state index contributed by atoms with van der Waals surface area (Å²) in [5.74, 6) is -0.657. The minimum Gasteiger partial charge on any atom is -0.357 e. The third-order valence-electron chi connectivity index (χ3n) is 3.92. The van der Waals surface area contributed by atoms with Gasteiger partial charge in [0.05, 0.1) is 22.3 Å². The molecule has 0 radical (unpaired) electrons. The number of benzene rings is 1. The third-order valence-corrected chi connectivity index (χ3v) is 3.92. The number of nitrogens with one attached hydrogen (secondary N) is 2. The van der Waals surface area contributed by atoms with Crippen molar-refractivity contribution in [2.75, 3.05) is 7.05 Å². The number of hydrogen-bond donors (Lipinski definition) is 2. The highest BCUT2D eigenvalue weighted by Crippen LogP contribution is 2.26. The molecule has 3 aromatic rings. The van der Waals surface area contributed by atoms with Crippen LogP contribution in [0.5, 0.6) is 0 Å². The van der Waals surface area contributed by atoms with Gasteiger partial charge in [0.2, 0.25) is 5.91 Å². The van der Waals surface area contributed by atoms with Crippen molar-refractivity contribution >= 4 is 22.9 Å². The van der Waals surface area contributed by atoms with Crippen LogP contribution in [0, 0.1) is 6.92 Å². The number of hydrogen-bond acceptors (Lipinski definition) is 5. The molecule has 0 saturated heterocycles. The van der Waals surface area contributed by atoms with Gasteiger partial charge in [0, 0.05) is 12.6 Å². The minimum atomic E-state index is -0.666. The lowest BCUT2D eigenvalue weighted by Crippen LogP contribution is -2.43. The molecule has 0 aliphatic carbocycles. The highest BCUT2D eigenvalue weighted by atomic mass is 16.5. The second-order valence-corrected chi connectivity index (χ2v) is 5.68. The number of rotatable bonds is 4. The van der Waals surface area contributed by atoms with Gasteiger partial charge in [-0.1, -0.05) is 35.5 Å². The molecule has 0 unspecified atom stereocenters. The molecular formula is C18H18N4O3. The van der Waals surface area contributed by atoms with Crippen LogP contribution in [0.15, 0.2) is 40.9 Å². The molecule has 0 fully saturated rings. The largest absolute Gasteiger partial charge is 0.357 e. The zero-order valence-corrected chi connectivity index (χ0v) is 14.2. The van der Waals surface area contributed by atoms with Crippen LogP contribution >= 0.6 is 0 Å². The molecule has 2 amide bonds. The Morgan fingerprint density at radius 3 is 2.60 bits per heavy atom.